The number of thiocarbonyl (C=S) groups is 1. The van der Waals surface area contributed by atoms with Gasteiger partial charge in [-0.15, -0.1) is 0 Å². The van der Waals surface area contributed by atoms with E-state index >= 15 is 0 Å². The number of amides is 2. The molecule has 12 heteroatoms. The Hall–Kier alpha value is -2.73. The molecule has 1 saturated heterocycles. The number of carbonyl (C=O) groups excluding carboxylic acids is 2. The van der Waals surface area contributed by atoms with Gasteiger partial charge in [-0.3, -0.25) is 15.1 Å². The van der Waals surface area contributed by atoms with E-state index in [-0.39, 0.29) is 24.9 Å². The molecule has 0 spiro atoms. The van der Waals surface area contributed by atoms with Crippen molar-refractivity contribution in [3.63, 3.8) is 0 Å². The molecule has 1 aliphatic heterocycles. The molecule has 1 aliphatic rings. The van der Waals surface area contributed by atoms with Gasteiger partial charge >= 0.3 is 6.09 Å². The Morgan fingerprint density at radius 3 is 2.69 bits per heavy atom. The normalized spacial score (nSPS) is 15.3. The zero-order valence-corrected chi connectivity index (χ0v) is 16.4. The second-order valence-corrected chi connectivity index (χ2v) is 5.95. The zero-order chi connectivity index (χ0) is 21.8. The fourth-order valence-electron chi connectivity index (χ4n) is 2.46. The van der Waals surface area contributed by atoms with Crippen LogP contribution < -0.4 is 20.4 Å². The fourth-order valence-corrected chi connectivity index (χ4v) is 2.46. The van der Waals surface area contributed by atoms with Crippen LogP contribution in [0.15, 0.2) is 18.2 Å². The second-order valence-electron chi connectivity index (χ2n) is 5.67. The predicted molar refractivity (Wildman–Crippen MR) is 108 cm³/mol. The molecule has 0 aromatic heterocycles. The molecule has 2 rings (SSSR count). The van der Waals surface area contributed by atoms with Gasteiger partial charge in [-0.2, -0.15) is 0 Å². The van der Waals surface area contributed by atoms with E-state index in [0.717, 1.165) is 6.34 Å². The van der Waals surface area contributed by atoms with Crippen molar-refractivity contribution in [1.82, 2.24) is 10.6 Å². The van der Waals surface area contributed by atoms with Crippen molar-refractivity contribution in [2.24, 2.45) is 0 Å². The van der Waals surface area contributed by atoms with Crippen LogP contribution in [0.1, 0.15) is 0 Å². The van der Waals surface area contributed by atoms with Crippen LogP contribution in [0.25, 0.3) is 0 Å². The van der Waals surface area contributed by atoms with Crippen molar-refractivity contribution in [3.05, 3.63) is 24.0 Å². The number of hydrogen-bond acceptors (Lipinski definition) is 6. The first-order chi connectivity index (χ1) is 13.9. The van der Waals surface area contributed by atoms with Crippen molar-refractivity contribution >= 4 is 47.8 Å². The Kier molecular flexibility index (Phi) is 10.6. The number of benzene rings is 1. The smallest absolute Gasteiger partial charge is 0.414 e. The van der Waals surface area contributed by atoms with Crippen LogP contribution in [-0.4, -0.2) is 70.0 Å². The highest BCUT2D eigenvalue weighted by Gasteiger charge is 2.32. The lowest BCUT2D eigenvalue weighted by Crippen LogP contribution is -2.31. The molecule has 160 valence electrons. The quantitative estimate of drug-likeness (QED) is 0.171. The van der Waals surface area contributed by atoms with E-state index in [1.165, 1.54) is 21.9 Å². The van der Waals surface area contributed by atoms with Gasteiger partial charge in [-0.25, -0.2) is 18.0 Å². The minimum atomic E-state index is -2.43. The number of cyclic esters (lactones) is 1. The summed E-state index contributed by atoms with van der Waals surface area (Å²) in [5, 5.41) is 13.2. The van der Waals surface area contributed by atoms with E-state index in [1.807, 2.05) is 0 Å². The van der Waals surface area contributed by atoms with E-state index in [0.29, 0.717) is 30.6 Å². The van der Waals surface area contributed by atoms with Crippen LogP contribution >= 0.6 is 12.2 Å². The van der Waals surface area contributed by atoms with Crippen LogP contribution in [0.2, 0.25) is 0 Å². The topological polar surface area (TPSA) is 97.8 Å². The third-order valence-electron chi connectivity index (χ3n) is 3.70. The van der Waals surface area contributed by atoms with E-state index in [4.69, 9.17) is 10.1 Å². The van der Waals surface area contributed by atoms with Gasteiger partial charge in [0.2, 0.25) is 6.41 Å². The van der Waals surface area contributed by atoms with Crippen LogP contribution in [0.4, 0.5) is 29.3 Å². The van der Waals surface area contributed by atoms with Crippen molar-refractivity contribution in [2.75, 3.05) is 43.0 Å². The number of rotatable bonds is 10. The van der Waals surface area contributed by atoms with Gasteiger partial charge in [0, 0.05) is 25.0 Å². The average molecular weight is 433 g/mol. The lowest BCUT2D eigenvalue weighted by Gasteiger charge is -2.21. The summed E-state index contributed by atoms with van der Waals surface area (Å²) >= 11 is 3.80. The first kappa shape index (κ1) is 24.3. The van der Waals surface area contributed by atoms with Crippen molar-refractivity contribution in [2.45, 2.75) is 12.5 Å². The molecule has 0 bridgehead atoms. The van der Waals surface area contributed by atoms with Gasteiger partial charge in [0.05, 0.1) is 24.3 Å². The lowest BCUT2D eigenvalue weighted by atomic mass is 10.2. The predicted octanol–water partition coefficient (Wildman–Crippen LogP) is 1.78. The molecule has 8 nitrogen and oxygen atoms in total. The van der Waals surface area contributed by atoms with Gasteiger partial charge in [0.1, 0.15) is 11.9 Å². The Morgan fingerprint density at radius 1 is 1.48 bits per heavy atom. The number of likely N-dealkylation sites (N-methyl/N-ethyl adjacent to an activating group) is 1. The maximum atomic E-state index is 14.4. The molecule has 1 aromatic rings. The molecule has 1 fully saturated rings. The summed E-state index contributed by atoms with van der Waals surface area (Å²) < 4.78 is 40.8. The number of nitrogens with one attached hydrogen (secondary N) is 3. The minimum Gasteiger partial charge on any atom is -0.443 e. The Morgan fingerprint density at radius 2 is 2.17 bits per heavy atom. The molecule has 0 aliphatic carbocycles. The highest BCUT2D eigenvalue weighted by Crippen LogP contribution is 2.27. The maximum absolute atomic E-state index is 14.4. The molecule has 0 radical (unpaired) electrons. The Bertz CT molecular complexity index is 711. The summed E-state index contributed by atoms with van der Waals surface area (Å²) in [5.74, 6) is -0.563. The minimum absolute atomic E-state index is 0.195. The van der Waals surface area contributed by atoms with E-state index in [9.17, 15) is 22.8 Å². The van der Waals surface area contributed by atoms with Gasteiger partial charge in [-0.1, -0.05) is 12.2 Å². The monoisotopic (exact) mass is 433 g/mol. The molecule has 1 unspecified atom stereocenters. The summed E-state index contributed by atoms with van der Waals surface area (Å²) in [5.41, 5.74) is 0.594. The standard InChI is InChI=1S/C15H20FN5O3.C2H2F2S/c1-18-7-12-8-21(15(23)24-12)11-2-3-14(13(16)6-11)20(9-17)5-4-19-10-22;3-2(4)1-5/h2-3,6,9-10,12,17-18H,4-5,7-8H2,1H3,(H,19,22);1-2H. The van der Waals surface area contributed by atoms with Gasteiger partial charge < -0.3 is 20.3 Å². The number of halogens is 3. The number of anilines is 2. The summed E-state index contributed by atoms with van der Waals surface area (Å²) in [7, 11) is 1.76. The summed E-state index contributed by atoms with van der Waals surface area (Å²) in [6, 6.07) is 4.34. The van der Waals surface area contributed by atoms with E-state index in [2.05, 4.69) is 22.9 Å². The summed E-state index contributed by atoms with van der Waals surface area (Å²) in [6.45, 7) is 1.41. The van der Waals surface area contributed by atoms with Crippen LogP contribution in [0.5, 0.6) is 0 Å². The van der Waals surface area contributed by atoms with Crippen LogP contribution in [0.3, 0.4) is 0 Å². The van der Waals surface area contributed by atoms with Gasteiger partial charge in [-0.05, 0) is 25.2 Å². The number of alkyl halides is 2. The number of carbonyl (C=O) groups is 2. The largest absolute Gasteiger partial charge is 0.443 e. The molecular formula is C17H22F3N5O3S. The number of ether oxygens (including phenoxy) is 1. The third-order valence-corrected chi connectivity index (χ3v) is 3.90. The maximum Gasteiger partial charge on any atom is 0.414 e. The molecule has 1 aromatic carbocycles. The van der Waals surface area contributed by atoms with Crippen molar-refractivity contribution < 1.29 is 27.5 Å². The van der Waals surface area contributed by atoms with E-state index < -0.39 is 18.3 Å². The van der Waals surface area contributed by atoms with Crippen LogP contribution in [0, 0.1) is 11.2 Å². The second kappa shape index (κ2) is 12.7. The molecule has 1 heterocycles. The SMILES string of the molecule is CNCC1CN(c2ccc(N(C=N)CCNC=O)c(F)c2)C(=O)O1.FC(F)C=S. The number of nitrogens with zero attached hydrogens (tertiary/aromatic N) is 2. The highest BCUT2D eigenvalue weighted by atomic mass is 32.1. The van der Waals surface area contributed by atoms with E-state index in [1.54, 1.807) is 13.1 Å². The van der Waals surface area contributed by atoms with Crippen molar-refractivity contribution in [3.8, 4) is 0 Å². The van der Waals surface area contributed by atoms with Crippen molar-refractivity contribution in [1.29, 1.82) is 5.41 Å². The highest BCUT2D eigenvalue weighted by molar-refractivity contribution is 7.79. The zero-order valence-electron chi connectivity index (χ0n) is 15.6. The number of hydrogen-bond donors (Lipinski definition) is 3. The molecule has 1 atom stereocenters. The molecule has 29 heavy (non-hydrogen) atoms. The van der Waals surface area contributed by atoms with Gasteiger partial charge in [0.25, 0.3) is 6.43 Å². The average Bonchev–Trinajstić information content (AvgIpc) is 3.06. The third kappa shape index (κ3) is 7.66. The Balaban J connectivity index is 0.000000749. The Labute approximate surface area is 171 Å². The molecule has 3 N–H and O–H groups in total. The summed E-state index contributed by atoms with van der Waals surface area (Å²) in [6.07, 6.45) is -1.69. The lowest BCUT2D eigenvalue weighted by molar-refractivity contribution is -0.109. The molecular weight excluding hydrogens is 411 g/mol. The molecule has 0 saturated carbocycles. The first-order valence-corrected chi connectivity index (χ1v) is 8.95. The summed E-state index contributed by atoms with van der Waals surface area (Å²) in [4.78, 5) is 24.9. The van der Waals surface area contributed by atoms with Gasteiger partial charge in [0.15, 0.2) is 0 Å². The fraction of sp³-hybridized carbons (Fsp3) is 0.412. The van der Waals surface area contributed by atoms with Crippen LogP contribution in [-0.2, 0) is 9.53 Å². The first-order valence-electron chi connectivity index (χ1n) is 8.47. The molecule has 2 amide bonds.